The van der Waals surface area contributed by atoms with E-state index >= 15 is 0 Å². The first kappa shape index (κ1) is 13.3. The van der Waals surface area contributed by atoms with Crippen molar-refractivity contribution >= 4 is 23.2 Å². The molecule has 1 amide bonds. The second-order valence-electron chi connectivity index (χ2n) is 4.34. The van der Waals surface area contributed by atoms with Crippen molar-refractivity contribution in [3.63, 3.8) is 0 Å². The van der Waals surface area contributed by atoms with Gasteiger partial charge in [-0.25, -0.2) is 0 Å². The van der Waals surface area contributed by atoms with Crippen LogP contribution in [0.1, 0.15) is 12.8 Å². The van der Waals surface area contributed by atoms with Crippen molar-refractivity contribution in [1.82, 2.24) is 0 Å². The lowest BCUT2D eigenvalue weighted by molar-refractivity contribution is -0.127. The number of carbonyl (C=O) groups is 1. The summed E-state index contributed by atoms with van der Waals surface area (Å²) in [6.45, 7) is 1.30. The second kappa shape index (κ2) is 6.18. The summed E-state index contributed by atoms with van der Waals surface area (Å²) in [5, 5.41) is 0.629. The van der Waals surface area contributed by atoms with Crippen molar-refractivity contribution in [2.75, 3.05) is 24.7 Å². The molecule has 1 atom stereocenters. The van der Waals surface area contributed by atoms with Gasteiger partial charge in [-0.3, -0.25) is 4.79 Å². The summed E-state index contributed by atoms with van der Waals surface area (Å²) in [4.78, 5) is 13.8. The molecule has 18 heavy (non-hydrogen) atoms. The van der Waals surface area contributed by atoms with Crippen LogP contribution < -0.4 is 10.6 Å². The van der Waals surface area contributed by atoms with E-state index in [2.05, 4.69) is 0 Å². The maximum atomic E-state index is 12.0. The molecule has 1 heterocycles. The molecule has 0 bridgehead atoms. The number of nitrogens with two attached hydrogens (primary N) is 1. The summed E-state index contributed by atoms with van der Waals surface area (Å²) in [6, 6.07) is 7.39. The van der Waals surface area contributed by atoms with Gasteiger partial charge in [0.2, 0.25) is 0 Å². The number of hydrogen-bond donors (Lipinski definition) is 1. The van der Waals surface area contributed by atoms with E-state index in [4.69, 9.17) is 22.1 Å². The van der Waals surface area contributed by atoms with E-state index in [-0.39, 0.29) is 18.6 Å². The van der Waals surface area contributed by atoms with Crippen LogP contribution in [0.15, 0.2) is 24.3 Å². The molecule has 0 spiro atoms. The SMILES string of the molecule is NCCCC1COCC(=O)N1c1cccc(Cl)c1. The zero-order chi connectivity index (χ0) is 13.0. The quantitative estimate of drug-likeness (QED) is 0.906. The molecule has 0 aliphatic carbocycles. The highest BCUT2D eigenvalue weighted by molar-refractivity contribution is 6.30. The van der Waals surface area contributed by atoms with Gasteiger partial charge in [0.05, 0.1) is 12.6 Å². The van der Waals surface area contributed by atoms with Gasteiger partial charge in [0.15, 0.2) is 0 Å². The first-order chi connectivity index (χ1) is 8.72. The van der Waals surface area contributed by atoms with E-state index < -0.39 is 0 Å². The van der Waals surface area contributed by atoms with Crippen LogP contribution in [0.3, 0.4) is 0 Å². The fraction of sp³-hybridized carbons (Fsp3) is 0.462. The molecule has 1 aliphatic heterocycles. The molecule has 0 saturated carbocycles. The number of halogens is 1. The number of morpholine rings is 1. The molecule has 1 aromatic rings. The van der Waals surface area contributed by atoms with Crippen LogP contribution in [-0.4, -0.2) is 31.7 Å². The van der Waals surface area contributed by atoms with Crippen LogP contribution in [0, 0.1) is 0 Å². The Morgan fingerprint density at radius 1 is 1.50 bits per heavy atom. The average molecular weight is 269 g/mol. The molecule has 4 nitrogen and oxygen atoms in total. The predicted octanol–water partition coefficient (Wildman–Crippen LogP) is 1.81. The lowest BCUT2D eigenvalue weighted by atomic mass is 10.1. The van der Waals surface area contributed by atoms with Crippen LogP contribution in [0.4, 0.5) is 5.69 Å². The summed E-state index contributed by atoms with van der Waals surface area (Å²) < 4.78 is 5.31. The molecule has 1 aromatic carbocycles. The van der Waals surface area contributed by atoms with Gasteiger partial charge in [0, 0.05) is 10.7 Å². The van der Waals surface area contributed by atoms with Gasteiger partial charge >= 0.3 is 0 Å². The lowest BCUT2D eigenvalue weighted by Gasteiger charge is -2.35. The Labute approximate surface area is 112 Å². The third-order valence-electron chi connectivity index (χ3n) is 3.00. The molecule has 0 radical (unpaired) electrons. The average Bonchev–Trinajstić information content (AvgIpc) is 2.36. The van der Waals surface area contributed by atoms with Crippen LogP contribution in [-0.2, 0) is 9.53 Å². The fourth-order valence-electron chi connectivity index (χ4n) is 2.18. The molecule has 1 fully saturated rings. The molecule has 2 rings (SSSR count). The van der Waals surface area contributed by atoms with Gasteiger partial charge in [0.1, 0.15) is 6.61 Å². The highest BCUT2D eigenvalue weighted by Gasteiger charge is 2.29. The molecule has 1 unspecified atom stereocenters. The third-order valence-corrected chi connectivity index (χ3v) is 3.23. The van der Waals surface area contributed by atoms with E-state index in [9.17, 15) is 4.79 Å². The van der Waals surface area contributed by atoms with Crippen LogP contribution >= 0.6 is 11.6 Å². The number of benzene rings is 1. The second-order valence-corrected chi connectivity index (χ2v) is 4.78. The number of nitrogens with zero attached hydrogens (tertiary/aromatic N) is 1. The van der Waals surface area contributed by atoms with E-state index in [1.54, 1.807) is 17.0 Å². The van der Waals surface area contributed by atoms with Crippen molar-refractivity contribution in [2.24, 2.45) is 5.73 Å². The minimum atomic E-state index is -0.0226. The zero-order valence-electron chi connectivity index (χ0n) is 10.1. The number of hydrogen-bond acceptors (Lipinski definition) is 3. The maximum Gasteiger partial charge on any atom is 0.253 e. The Bertz CT molecular complexity index is 425. The fourth-order valence-corrected chi connectivity index (χ4v) is 2.36. The molecular weight excluding hydrogens is 252 g/mol. The van der Waals surface area contributed by atoms with Crippen LogP contribution in [0.5, 0.6) is 0 Å². The summed E-state index contributed by atoms with van der Waals surface area (Å²) in [5.74, 6) is -0.0226. The molecule has 2 N–H and O–H groups in total. The van der Waals surface area contributed by atoms with Gasteiger partial charge in [-0.15, -0.1) is 0 Å². The van der Waals surface area contributed by atoms with E-state index in [1.165, 1.54) is 0 Å². The summed E-state index contributed by atoms with van der Waals surface area (Å²) in [6.07, 6.45) is 1.72. The molecule has 5 heteroatoms. The number of rotatable bonds is 4. The number of anilines is 1. The van der Waals surface area contributed by atoms with Crippen molar-refractivity contribution < 1.29 is 9.53 Å². The van der Waals surface area contributed by atoms with E-state index in [0.29, 0.717) is 18.2 Å². The molecule has 0 aromatic heterocycles. The van der Waals surface area contributed by atoms with E-state index in [1.807, 2.05) is 12.1 Å². The Morgan fingerprint density at radius 2 is 2.33 bits per heavy atom. The maximum absolute atomic E-state index is 12.0. The van der Waals surface area contributed by atoms with Crippen molar-refractivity contribution in [1.29, 1.82) is 0 Å². The Hall–Kier alpha value is -1.10. The first-order valence-electron chi connectivity index (χ1n) is 6.08. The van der Waals surface area contributed by atoms with Crippen molar-refractivity contribution in [3.05, 3.63) is 29.3 Å². The Balaban J connectivity index is 2.21. The van der Waals surface area contributed by atoms with Crippen molar-refractivity contribution in [2.45, 2.75) is 18.9 Å². The number of ether oxygens (including phenoxy) is 1. The van der Waals surface area contributed by atoms with Crippen molar-refractivity contribution in [3.8, 4) is 0 Å². The first-order valence-corrected chi connectivity index (χ1v) is 6.45. The normalized spacial score (nSPS) is 20.2. The number of carbonyl (C=O) groups excluding carboxylic acids is 1. The highest BCUT2D eigenvalue weighted by atomic mass is 35.5. The molecule has 1 saturated heterocycles. The molecule has 98 valence electrons. The third kappa shape index (κ3) is 3.02. The lowest BCUT2D eigenvalue weighted by Crippen LogP contribution is -2.49. The summed E-state index contributed by atoms with van der Waals surface area (Å²) in [7, 11) is 0. The minimum absolute atomic E-state index is 0.0226. The van der Waals surface area contributed by atoms with Gasteiger partial charge < -0.3 is 15.4 Å². The predicted molar refractivity (Wildman–Crippen MR) is 71.8 cm³/mol. The smallest absolute Gasteiger partial charge is 0.253 e. The van der Waals surface area contributed by atoms with Gasteiger partial charge in [-0.2, -0.15) is 0 Å². The van der Waals surface area contributed by atoms with Gasteiger partial charge in [-0.05, 0) is 37.6 Å². The minimum Gasteiger partial charge on any atom is -0.369 e. The topological polar surface area (TPSA) is 55.6 Å². The largest absolute Gasteiger partial charge is 0.369 e. The standard InChI is InChI=1S/C13H17ClN2O2/c14-10-3-1-4-11(7-10)16-12(5-2-6-15)8-18-9-13(16)17/h1,3-4,7,12H,2,5-6,8-9,15H2. The monoisotopic (exact) mass is 268 g/mol. The van der Waals surface area contributed by atoms with Gasteiger partial charge in [0.25, 0.3) is 5.91 Å². The number of amides is 1. The molecular formula is C13H17ClN2O2. The van der Waals surface area contributed by atoms with Crippen LogP contribution in [0.25, 0.3) is 0 Å². The zero-order valence-corrected chi connectivity index (χ0v) is 10.9. The Kier molecular flexibility index (Phi) is 4.58. The van der Waals surface area contributed by atoms with E-state index in [0.717, 1.165) is 18.5 Å². The molecule has 1 aliphatic rings. The van der Waals surface area contributed by atoms with Gasteiger partial charge in [-0.1, -0.05) is 17.7 Å². The summed E-state index contributed by atoms with van der Waals surface area (Å²) >= 11 is 5.97. The summed E-state index contributed by atoms with van der Waals surface area (Å²) in [5.41, 5.74) is 6.35. The van der Waals surface area contributed by atoms with Crippen LogP contribution in [0.2, 0.25) is 5.02 Å². The highest BCUT2D eigenvalue weighted by Crippen LogP contribution is 2.25. The Morgan fingerprint density at radius 3 is 3.06 bits per heavy atom.